The Bertz CT molecular complexity index is 425. The van der Waals surface area contributed by atoms with Gasteiger partial charge in [0, 0.05) is 12.1 Å². The van der Waals surface area contributed by atoms with Crippen LogP contribution < -0.4 is 0 Å². The van der Waals surface area contributed by atoms with E-state index in [1.165, 1.54) is 24.1 Å². The lowest BCUT2D eigenvalue weighted by atomic mass is 10.2. The number of halogens is 2. The summed E-state index contributed by atoms with van der Waals surface area (Å²) >= 11 is 5.57. The van der Waals surface area contributed by atoms with Crippen molar-refractivity contribution in [1.82, 2.24) is 4.90 Å². The highest BCUT2D eigenvalue weighted by Gasteiger charge is 2.15. The molecule has 1 aromatic rings. The number of hydrogen-bond acceptors (Lipinski definition) is 1. The van der Waals surface area contributed by atoms with Crippen molar-refractivity contribution in [3.8, 4) is 12.3 Å². The Morgan fingerprint density at radius 1 is 1.67 bits per heavy atom. The highest BCUT2D eigenvalue weighted by molar-refractivity contribution is 6.30. The van der Waals surface area contributed by atoms with Crippen molar-refractivity contribution in [2.45, 2.75) is 0 Å². The molecular weight excluding hydrogens is 217 g/mol. The highest BCUT2D eigenvalue weighted by atomic mass is 35.5. The van der Waals surface area contributed by atoms with Crippen LogP contribution in [0.25, 0.3) is 0 Å². The van der Waals surface area contributed by atoms with Crippen molar-refractivity contribution in [3.05, 3.63) is 34.6 Å². The van der Waals surface area contributed by atoms with Gasteiger partial charge in [0.15, 0.2) is 0 Å². The monoisotopic (exact) mass is 225 g/mol. The first-order valence-corrected chi connectivity index (χ1v) is 4.58. The first-order valence-electron chi connectivity index (χ1n) is 4.20. The van der Waals surface area contributed by atoms with Gasteiger partial charge in [-0.25, -0.2) is 4.39 Å². The van der Waals surface area contributed by atoms with Gasteiger partial charge in [0.05, 0.1) is 12.1 Å². The third-order valence-electron chi connectivity index (χ3n) is 1.84. The summed E-state index contributed by atoms with van der Waals surface area (Å²) in [7, 11) is 1.51. The molecule has 0 aliphatic rings. The van der Waals surface area contributed by atoms with Crippen LogP contribution in [0.4, 0.5) is 4.39 Å². The molecule has 0 aliphatic heterocycles. The summed E-state index contributed by atoms with van der Waals surface area (Å²) in [6.07, 6.45) is 5.05. The maximum Gasteiger partial charge on any atom is 0.257 e. The molecule has 4 heteroatoms. The van der Waals surface area contributed by atoms with Crippen molar-refractivity contribution in [2.24, 2.45) is 0 Å². The van der Waals surface area contributed by atoms with Gasteiger partial charge in [-0.15, -0.1) is 6.42 Å². The third kappa shape index (κ3) is 2.71. The van der Waals surface area contributed by atoms with Gasteiger partial charge in [-0.1, -0.05) is 17.5 Å². The molecule has 15 heavy (non-hydrogen) atoms. The van der Waals surface area contributed by atoms with Crippen LogP contribution in [-0.4, -0.2) is 24.4 Å². The van der Waals surface area contributed by atoms with E-state index in [0.29, 0.717) is 0 Å². The lowest BCUT2D eigenvalue weighted by Gasteiger charge is -2.14. The number of benzene rings is 1. The molecule has 1 rings (SSSR count). The highest BCUT2D eigenvalue weighted by Crippen LogP contribution is 2.15. The molecule has 0 heterocycles. The fourth-order valence-electron chi connectivity index (χ4n) is 1.08. The number of nitrogens with zero attached hydrogens (tertiary/aromatic N) is 1. The zero-order valence-corrected chi connectivity index (χ0v) is 8.88. The standard InChI is InChI=1S/C11H9ClFNO/c1-3-6-14(2)11(15)9-5-4-8(12)7-10(9)13/h1,4-5,7H,6H2,2H3. The van der Waals surface area contributed by atoms with Crippen LogP contribution in [0.15, 0.2) is 18.2 Å². The van der Waals surface area contributed by atoms with E-state index in [1.807, 2.05) is 0 Å². The molecular formula is C11H9ClFNO. The van der Waals surface area contributed by atoms with Crippen LogP contribution in [-0.2, 0) is 0 Å². The Hall–Kier alpha value is -1.53. The second-order valence-corrected chi connectivity index (χ2v) is 3.43. The molecule has 0 fully saturated rings. The number of carbonyl (C=O) groups excluding carboxylic acids is 1. The maximum atomic E-state index is 13.3. The number of terminal acetylenes is 1. The van der Waals surface area contributed by atoms with E-state index in [2.05, 4.69) is 5.92 Å². The van der Waals surface area contributed by atoms with E-state index in [-0.39, 0.29) is 17.1 Å². The smallest absolute Gasteiger partial charge is 0.257 e. The van der Waals surface area contributed by atoms with Gasteiger partial charge in [-0.3, -0.25) is 4.79 Å². The van der Waals surface area contributed by atoms with Gasteiger partial charge in [0.25, 0.3) is 5.91 Å². The Balaban J connectivity index is 2.97. The summed E-state index contributed by atoms with van der Waals surface area (Å²) in [5.41, 5.74) is -0.0304. The molecule has 1 aromatic carbocycles. The summed E-state index contributed by atoms with van der Waals surface area (Å²) in [4.78, 5) is 12.9. The van der Waals surface area contributed by atoms with Gasteiger partial charge in [-0.05, 0) is 18.2 Å². The minimum absolute atomic E-state index is 0.0304. The lowest BCUT2D eigenvalue weighted by Crippen LogP contribution is -2.27. The Morgan fingerprint density at radius 3 is 2.87 bits per heavy atom. The van der Waals surface area contributed by atoms with E-state index in [0.717, 1.165) is 6.07 Å². The van der Waals surface area contributed by atoms with Crippen molar-refractivity contribution in [3.63, 3.8) is 0 Å². The minimum Gasteiger partial charge on any atom is -0.330 e. The summed E-state index contributed by atoms with van der Waals surface area (Å²) in [6.45, 7) is 0.140. The normalized spacial score (nSPS) is 9.47. The molecule has 0 radical (unpaired) electrons. The van der Waals surface area contributed by atoms with Crippen molar-refractivity contribution in [1.29, 1.82) is 0 Å². The van der Waals surface area contributed by atoms with Gasteiger partial charge in [-0.2, -0.15) is 0 Å². The van der Waals surface area contributed by atoms with Crippen LogP contribution in [0.3, 0.4) is 0 Å². The summed E-state index contributed by atoms with van der Waals surface area (Å²) in [5, 5.41) is 0.253. The number of rotatable bonds is 2. The Morgan fingerprint density at radius 2 is 2.33 bits per heavy atom. The molecule has 0 spiro atoms. The van der Waals surface area contributed by atoms with Gasteiger partial charge >= 0.3 is 0 Å². The Labute approximate surface area is 92.6 Å². The predicted molar refractivity (Wildman–Crippen MR) is 57.2 cm³/mol. The van der Waals surface area contributed by atoms with Crippen LogP contribution in [0.2, 0.25) is 5.02 Å². The van der Waals surface area contributed by atoms with E-state index < -0.39 is 11.7 Å². The fourth-order valence-corrected chi connectivity index (χ4v) is 1.24. The summed E-state index contributed by atoms with van der Waals surface area (Å²) < 4.78 is 13.3. The zero-order chi connectivity index (χ0) is 11.4. The van der Waals surface area contributed by atoms with Gasteiger partial charge in [0.2, 0.25) is 0 Å². The topological polar surface area (TPSA) is 20.3 Å². The summed E-state index contributed by atoms with van der Waals surface area (Å²) in [6, 6.07) is 3.90. The Kier molecular flexibility index (Phi) is 3.70. The molecule has 0 aromatic heterocycles. The number of amides is 1. The SMILES string of the molecule is C#CCN(C)C(=O)c1ccc(Cl)cc1F. The van der Waals surface area contributed by atoms with Crippen molar-refractivity contribution < 1.29 is 9.18 Å². The van der Waals surface area contributed by atoms with Gasteiger partial charge < -0.3 is 4.90 Å². The van der Waals surface area contributed by atoms with Crippen molar-refractivity contribution >= 4 is 17.5 Å². The molecule has 0 N–H and O–H groups in total. The molecule has 0 saturated heterocycles. The van der Waals surface area contributed by atoms with Crippen LogP contribution in [0, 0.1) is 18.2 Å². The average molecular weight is 226 g/mol. The quantitative estimate of drug-likeness (QED) is 0.707. The first kappa shape index (κ1) is 11.5. The fraction of sp³-hybridized carbons (Fsp3) is 0.182. The number of carbonyl (C=O) groups is 1. The minimum atomic E-state index is -0.642. The van der Waals surface area contributed by atoms with E-state index in [9.17, 15) is 9.18 Å². The maximum absolute atomic E-state index is 13.3. The second-order valence-electron chi connectivity index (χ2n) is 2.99. The van der Waals surface area contributed by atoms with Gasteiger partial charge in [0.1, 0.15) is 5.82 Å². The molecule has 0 atom stereocenters. The van der Waals surface area contributed by atoms with Crippen LogP contribution in [0.1, 0.15) is 10.4 Å². The molecule has 0 bridgehead atoms. The first-order chi connectivity index (χ1) is 7.06. The van der Waals surface area contributed by atoms with E-state index in [1.54, 1.807) is 0 Å². The molecule has 0 unspecified atom stereocenters. The zero-order valence-electron chi connectivity index (χ0n) is 8.13. The molecule has 2 nitrogen and oxygen atoms in total. The van der Waals surface area contributed by atoms with Crippen LogP contribution in [0.5, 0.6) is 0 Å². The number of hydrogen-bond donors (Lipinski definition) is 0. The molecule has 1 amide bonds. The molecule has 0 aliphatic carbocycles. The molecule has 0 saturated carbocycles. The largest absolute Gasteiger partial charge is 0.330 e. The van der Waals surface area contributed by atoms with E-state index in [4.69, 9.17) is 18.0 Å². The summed E-state index contributed by atoms with van der Waals surface area (Å²) in [5.74, 6) is 1.21. The lowest BCUT2D eigenvalue weighted by molar-refractivity contribution is 0.0808. The van der Waals surface area contributed by atoms with Crippen molar-refractivity contribution in [2.75, 3.05) is 13.6 Å². The average Bonchev–Trinajstić information content (AvgIpc) is 2.17. The van der Waals surface area contributed by atoms with Crippen LogP contribution >= 0.6 is 11.6 Å². The predicted octanol–water partition coefficient (Wildman–Crippen LogP) is 2.18. The second kappa shape index (κ2) is 4.81. The van der Waals surface area contributed by atoms with E-state index >= 15 is 0 Å². The third-order valence-corrected chi connectivity index (χ3v) is 2.07. The molecule has 78 valence electrons.